The average Bonchev–Trinajstić information content (AvgIpc) is 3.37. The zero-order chi connectivity index (χ0) is 28.0. The highest BCUT2D eigenvalue weighted by atomic mass is 35.5. The Morgan fingerprint density at radius 1 is 1.15 bits per heavy atom. The third-order valence-corrected chi connectivity index (χ3v) is 9.54. The van der Waals surface area contributed by atoms with Crippen LogP contribution < -0.4 is 9.62 Å². The zero-order valence-corrected chi connectivity index (χ0v) is 23.8. The molecule has 2 saturated carbocycles. The molecule has 0 radical (unpaired) electrons. The topological polar surface area (TPSA) is 102 Å². The summed E-state index contributed by atoms with van der Waals surface area (Å²) in [6, 6.07) is 12.7. The van der Waals surface area contributed by atoms with Crippen LogP contribution in [0.15, 0.2) is 47.0 Å². The second kappa shape index (κ2) is 10.7. The predicted octanol–water partition coefficient (Wildman–Crippen LogP) is 5.40. The lowest BCUT2D eigenvalue weighted by Gasteiger charge is -2.33. The van der Waals surface area contributed by atoms with E-state index in [0.717, 1.165) is 49.2 Å². The van der Waals surface area contributed by atoms with Gasteiger partial charge in [0.1, 0.15) is 17.2 Å². The van der Waals surface area contributed by atoms with E-state index in [0.29, 0.717) is 45.8 Å². The van der Waals surface area contributed by atoms with Gasteiger partial charge in [0.05, 0.1) is 22.8 Å². The first-order valence-corrected chi connectivity index (χ1v) is 15.5. The van der Waals surface area contributed by atoms with Crippen molar-refractivity contribution in [3.8, 4) is 23.6 Å². The number of sulfonamides is 1. The van der Waals surface area contributed by atoms with Crippen LogP contribution in [0, 0.1) is 18.3 Å². The number of rotatable bonds is 9. The number of aromatic nitrogens is 1. The summed E-state index contributed by atoms with van der Waals surface area (Å²) in [6.45, 7) is 1.21. The minimum atomic E-state index is -3.85. The van der Waals surface area contributed by atoms with E-state index in [2.05, 4.69) is 10.1 Å². The number of hydrogen-bond donors (Lipinski definition) is 1. The van der Waals surface area contributed by atoms with Gasteiger partial charge in [-0.3, -0.25) is 4.79 Å². The Kier molecular flexibility index (Phi) is 7.30. The van der Waals surface area contributed by atoms with Gasteiger partial charge >= 0.3 is 0 Å². The molecule has 208 valence electrons. The predicted molar refractivity (Wildman–Crippen MR) is 153 cm³/mol. The van der Waals surface area contributed by atoms with Crippen molar-refractivity contribution in [3.05, 3.63) is 69.4 Å². The van der Waals surface area contributed by atoms with Gasteiger partial charge < -0.3 is 14.2 Å². The van der Waals surface area contributed by atoms with Crippen molar-refractivity contribution in [1.82, 2.24) is 9.88 Å². The summed E-state index contributed by atoms with van der Waals surface area (Å²) in [5.74, 6) is 2.37. The molecule has 6 rings (SSSR count). The summed E-state index contributed by atoms with van der Waals surface area (Å²) < 4.78 is 37.9. The van der Waals surface area contributed by atoms with Crippen molar-refractivity contribution < 1.29 is 22.5 Å². The Labute approximate surface area is 243 Å². The van der Waals surface area contributed by atoms with Crippen LogP contribution in [0.25, 0.3) is 11.3 Å². The van der Waals surface area contributed by atoms with Gasteiger partial charge in [0.15, 0.2) is 0 Å². The fourth-order valence-electron chi connectivity index (χ4n) is 5.82. The van der Waals surface area contributed by atoms with Gasteiger partial charge in [-0.05, 0) is 62.1 Å². The van der Waals surface area contributed by atoms with Gasteiger partial charge in [-0.1, -0.05) is 40.3 Å². The summed E-state index contributed by atoms with van der Waals surface area (Å²) in [5, 5.41) is 5.41. The van der Waals surface area contributed by atoms with E-state index < -0.39 is 21.7 Å². The second-order valence-electron chi connectivity index (χ2n) is 10.6. The lowest BCUT2D eigenvalue weighted by molar-refractivity contribution is 0.0122. The molecule has 2 heterocycles. The molecule has 3 atom stereocenters. The minimum Gasteiger partial charge on any atom is -0.373 e. The number of amides is 1. The Morgan fingerprint density at radius 3 is 2.50 bits per heavy atom. The molecular weight excluding hydrogens is 573 g/mol. The number of anilines is 1. The molecule has 8 nitrogen and oxygen atoms in total. The van der Waals surface area contributed by atoms with E-state index in [1.807, 2.05) is 22.8 Å². The average molecular weight is 601 g/mol. The number of fused-ring (bicyclic) bond motifs is 2. The maximum atomic E-state index is 12.3. The molecule has 2 aromatic carbocycles. The van der Waals surface area contributed by atoms with Crippen LogP contribution in [0.2, 0.25) is 10.0 Å². The number of carbonyl (C=O) groups is 1. The maximum absolute atomic E-state index is 12.3. The van der Waals surface area contributed by atoms with Crippen LogP contribution in [-0.4, -0.2) is 43.9 Å². The summed E-state index contributed by atoms with van der Waals surface area (Å²) >= 11 is 13.0. The number of hydrogen-bond acceptors (Lipinski definition) is 7. The molecule has 3 aliphatic rings. The largest absolute Gasteiger partial charge is 0.373 e. The fraction of sp³-hybridized carbons (Fsp3) is 0.379. The van der Waals surface area contributed by atoms with Crippen molar-refractivity contribution in [2.75, 3.05) is 17.2 Å². The summed E-state index contributed by atoms with van der Waals surface area (Å²) in [6.07, 6.45) is 9.19. The first kappa shape index (κ1) is 27.2. The van der Waals surface area contributed by atoms with Gasteiger partial charge in [-0.25, -0.2) is 13.1 Å². The van der Waals surface area contributed by atoms with Crippen molar-refractivity contribution in [1.29, 1.82) is 0 Å². The number of benzene rings is 2. The fourth-order valence-corrected chi connectivity index (χ4v) is 7.08. The minimum absolute atomic E-state index is 0.101. The molecule has 1 N–H and O–H groups in total. The van der Waals surface area contributed by atoms with Gasteiger partial charge in [0, 0.05) is 46.8 Å². The Morgan fingerprint density at radius 2 is 1.88 bits per heavy atom. The Balaban J connectivity index is 1.11. The van der Waals surface area contributed by atoms with Gasteiger partial charge in [-0.2, -0.15) is 0 Å². The number of halogens is 2. The molecule has 1 aliphatic heterocycles. The molecule has 1 saturated heterocycles. The Hall–Kier alpha value is -3.03. The lowest BCUT2D eigenvalue weighted by atomic mass is 10.0. The van der Waals surface area contributed by atoms with E-state index in [-0.39, 0.29) is 11.7 Å². The highest BCUT2D eigenvalue weighted by molar-refractivity contribution is 7.90. The van der Waals surface area contributed by atoms with Crippen molar-refractivity contribution in [3.63, 3.8) is 0 Å². The summed E-state index contributed by atoms with van der Waals surface area (Å²) in [7, 11) is -3.85. The first-order valence-electron chi connectivity index (χ1n) is 13.1. The number of terminal acetylenes is 1. The molecule has 1 amide bonds. The number of ether oxygens (including phenoxy) is 1. The van der Waals surface area contributed by atoms with Crippen LogP contribution in [0.1, 0.15) is 53.3 Å². The van der Waals surface area contributed by atoms with Gasteiger partial charge in [0.25, 0.3) is 5.91 Å². The zero-order valence-electron chi connectivity index (χ0n) is 21.5. The van der Waals surface area contributed by atoms with Gasteiger partial charge in [0.2, 0.25) is 10.0 Å². The van der Waals surface area contributed by atoms with Crippen molar-refractivity contribution in [2.45, 2.75) is 50.4 Å². The van der Waals surface area contributed by atoms with E-state index in [1.165, 1.54) is 0 Å². The quantitative estimate of drug-likeness (QED) is 0.328. The third kappa shape index (κ3) is 5.34. The molecule has 11 heteroatoms. The van der Waals surface area contributed by atoms with Gasteiger partial charge in [-0.15, -0.1) is 6.42 Å². The van der Waals surface area contributed by atoms with E-state index in [4.69, 9.17) is 38.9 Å². The van der Waals surface area contributed by atoms with Crippen LogP contribution in [0.5, 0.6) is 0 Å². The highest BCUT2D eigenvalue weighted by Gasteiger charge is 2.45. The monoisotopic (exact) mass is 599 g/mol. The maximum Gasteiger partial charge on any atom is 0.264 e. The standard InChI is InChI=1S/C29H27Cl2N3O5S/c1-2-12-40(36,37)33-29(35)18-8-10-20(11-9-18)34-15-19-13-21(34)14-25(19)38-16-22-27(32-39-28(22)17-6-7-17)26-23(30)4-3-5-24(26)31/h1,3-5,8-11,17,19,21,25H,6-7,12-16H2,(H,33,35)/t19-,21-,25+/m0/s1. The Bertz CT molecular complexity index is 1570. The van der Waals surface area contributed by atoms with Crippen LogP contribution in [0.4, 0.5) is 5.69 Å². The number of nitrogens with zero attached hydrogens (tertiary/aromatic N) is 2. The molecule has 0 spiro atoms. The lowest BCUT2D eigenvalue weighted by Crippen LogP contribution is -2.38. The van der Waals surface area contributed by atoms with Crippen LogP contribution in [0.3, 0.4) is 0 Å². The number of piperidine rings is 1. The smallest absolute Gasteiger partial charge is 0.264 e. The van der Waals surface area contributed by atoms with E-state index in [9.17, 15) is 13.2 Å². The van der Waals surface area contributed by atoms with Crippen molar-refractivity contribution >= 4 is 44.8 Å². The molecule has 3 aromatic rings. The molecule has 2 aliphatic carbocycles. The molecule has 40 heavy (non-hydrogen) atoms. The molecule has 3 fully saturated rings. The van der Waals surface area contributed by atoms with E-state index >= 15 is 0 Å². The molecule has 0 unspecified atom stereocenters. The molecular formula is C29H27Cl2N3O5S. The second-order valence-corrected chi connectivity index (χ2v) is 13.1. The highest BCUT2D eigenvalue weighted by Crippen LogP contribution is 2.47. The number of nitrogens with one attached hydrogen (secondary N) is 1. The third-order valence-electron chi connectivity index (χ3n) is 7.87. The first-order chi connectivity index (χ1) is 19.2. The number of carbonyl (C=O) groups excluding carboxylic acids is 1. The molecule has 1 aromatic heterocycles. The summed E-state index contributed by atoms with van der Waals surface area (Å²) in [4.78, 5) is 14.6. The van der Waals surface area contributed by atoms with E-state index in [1.54, 1.807) is 30.3 Å². The summed E-state index contributed by atoms with van der Waals surface area (Å²) in [5.41, 5.74) is 3.49. The van der Waals surface area contributed by atoms with Crippen LogP contribution >= 0.6 is 23.2 Å². The molecule has 2 bridgehead atoms. The van der Waals surface area contributed by atoms with Crippen LogP contribution in [-0.2, 0) is 21.4 Å². The normalized spacial score (nSPS) is 21.9. The SMILES string of the molecule is C#CCS(=O)(=O)NC(=O)c1ccc(N2C[C@@H]3C[C@H]2C[C@H]3OCc2c(-c3c(Cl)cccc3Cl)noc2C2CC2)cc1. The van der Waals surface area contributed by atoms with Crippen molar-refractivity contribution in [2.24, 2.45) is 5.92 Å².